The van der Waals surface area contributed by atoms with Crippen LogP contribution in [0.25, 0.3) is 22.1 Å². The summed E-state index contributed by atoms with van der Waals surface area (Å²) in [6, 6.07) is 16.9. The fourth-order valence-corrected chi connectivity index (χ4v) is 3.87. The van der Waals surface area contributed by atoms with E-state index in [1.807, 2.05) is 36.4 Å². The summed E-state index contributed by atoms with van der Waals surface area (Å²) in [6.45, 7) is 0. The van der Waals surface area contributed by atoms with Crippen LogP contribution in [0.1, 0.15) is 25.7 Å². The van der Waals surface area contributed by atoms with Crippen LogP contribution in [0.3, 0.4) is 0 Å². The molecule has 132 valence electrons. The van der Waals surface area contributed by atoms with Crippen molar-refractivity contribution in [2.24, 2.45) is 0 Å². The van der Waals surface area contributed by atoms with E-state index in [1.165, 1.54) is 12.8 Å². The van der Waals surface area contributed by atoms with Crippen LogP contribution in [0.15, 0.2) is 48.5 Å². The highest BCUT2D eigenvalue weighted by molar-refractivity contribution is 5.78. The Bertz CT molecular complexity index is 883. The number of anilines is 2. The van der Waals surface area contributed by atoms with E-state index in [9.17, 15) is 0 Å². The molecule has 0 saturated heterocycles. The number of nitrogens with one attached hydrogen (secondary N) is 4. The van der Waals surface area contributed by atoms with Crippen LogP contribution in [0.4, 0.5) is 11.9 Å². The molecule has 26 heavy (non-hydrogen) atoms. The number of H-pyrrole nitrogens is 2. The largest absolute Gasteiger partial charge is 0.351 e. The van der Waals surface area contributed by atoms with Crippen molar-refractivity contribution in [1.82, 2.24) is 19.9 Å². The molecule has 2 aromatic carbocycles. The predicted octanol–water partition coefficient (Wildman–Crippen LogP) is 4.27. The van der Waals surface area contributed by atoms with Gasteiger partial charge in [-0.2, -0.15) is 0 Å². The van der Waals surface area contributed by atoms with Crippen molar-refractivity contribution in [3.05, 3.63) is 48.5 Å². The topological polar surface area (TPSA) is 81.4 Å². The third-order valence-corrected chi connectivity index (χ3v) is 5.19. The van der Waals surface area contributed by atoms with E-state index in [0.29, 0.717) is 12.1 Å². The molecular weight excluding hydrogens is 324 g/mol. The summed E-state index contributed by atoms with van der Waals surface area (Å²) in [5.41, 5.74) is 4.11. The highest BCUT2D eigenvalue weighted by Gasteiger charge is 2.26. The highest BCUT2D eigenvalue weighted by Crippen LogP contribution is 2.25. The van der Waals surface area contributed by atoms with Crippen LogP contribution >= 0.6 is 0 Å². The predicted molar refractivity (Wildman–Crippen MR) is 105 cm³/mol. The molecule has 2 heterocycles. The lowest BCUT2D eigenvalue weighted by Crippen LogP contribution is -2.42. The maximum Gasteiger partial charge on any atom is 0.201 e. The molecule has 0 unspecified atom stereocenters. The van der Waals surface area contributed by atoms with Gasteiger partial charge in [0.05, 0.1) is 22.1 Å². The van der Waals surface area contributed by atoms with Crippen LogP contribution in [0.2, 0.25) is 0 Å². The summed E-state index contributed by atoms with van der Waals surface area (Å²) in [5, 5.41) is 7.21. The van der Waals surface area contributed by atoms with E-state index in [1.54, 1.807) is 0 Å². The van der Waals surface area contributed by atoms with Gasteiger partial charge in [-0.15, -0.1) is 0 Å². The lowest BCUT2D eigenvalue weighted by Gasteiger charge is -2.32. The van der Waals surface area contributed by atoms with Gasteiger partial charge in [-0.3, -0.25) is 0 Å². The summed E-state index contributed by atoms with van der Waals surface area (Å²) in [6.07, 6.45) is 4.70. The first-order chi connectivity index (χ1) is 12.8. The number of rotatable bonds is 4. The van der Waals surface area contributed by atoms with Gasteiger partial charge in [0.1, 0.15) is 0 Å². The Morgan fingerprint density at radius 3 is 1.62 bits per heavy atom. The van der Waals surface area contributed by atoms with Crippen molar-refractivity contribution in [2.75, 3.05) is 10.6 Å². The molecule has 0 amide bonds. The maximum atomic E-state index is 4.67. The average Bonchev–Trinajstić information content (AvgIpc) is 3.26. The van der Waals surface area contributed by atoms with Crippen LogP contribution in [-0.4, -0.2) is 32.0 Å². The molecular formula is C20H22N6. The minimum atomic E-state index is 0.317. The fourth-order valence-electron chi connectivity index (χ4n) is 3.87. The van der Waals surface area contributed by atoms with Gasteiger partial charge in [0.25, 0.3) is 0 Å². The van der Waals surface area contributed by atoms with Crippen LogP contribution in [-0.2, 0) is 0 Å². The molecule has 6 nitrogen and oxygen atoms in total. The molecule has 1 aliphatic rings. The zero-order valence-electron chi connectivity index (χ0n) is 14.5. The number of fused-ring (bicyclic) bond motifs is 2. The molecule has 0 radical (unpaired) electrons. The molecule has 0 spiro atoms. The summed E-state index contributed by atoms with van der Waals surface area (Å²) in [7, 11) is 0. The number of nitrogens with zero attached hydrogens (tertiary/aromatic N) is 2. The SMILES string of the molecule is c1ccc2[nH]c(N[C@@H]3CCCC[C@H]3Nc3nc4ccccc4[nH]3)nc2c1. The average molecular weight is 346 g/mol. The van der Waals surface area contributed by atoms with E-state index >= 15 is 0 Å². The molecule has 2 atom stereocenters. The van der Waals surface area contributed by atoms with Crippen LogP contribution in [0, 0.1) is 0 Å². The zero-order chi connectivity index (χ0) is 17.3. The van der Waals surface area contributed by atoms with E-state index in [0.717, 1.165) is 46.8 Å². The molecule has 0 aliphatic heterocycles. The second-order valence-electron chi connectivity index (χ2n) is 6.99. The second kappa shape index (κ2) is 6.37. The summed E-state index contributed by atoms with van der Waals surface area (Å²) in [5.74, 6) is 1.68. The zero-order valence-corrected chi connectivity index (χ0v) is 14.5. The van der Waals surface area contributed by atoms with Gasteiger partial charge in [-0.05, 0) is 37.1 Å². The van der Waals surface area contributed by atoms with E-state index in [2.05, 4.69) is 42.7 Å². The molecule has 2 aromatic heterocycles. The highest BCUT2D eigenvalue weighted by atomic mass is 15.2. The Morgan fingerprint density at radius 1 is 0.692 bits per heavy atom. The van der Waals surface area contributed by atoms with Gasteiger partial charge in [0, 0.05) is 12.1 Å². The minimum absolute atomic E-state index is 0.317. The number of hydrogen-bond acceptors (Lipinski definition) is 4. The minimum Gasteiger partial charge on any atom is -0.351 e. The second-order valence-corrected chi connectivity index (χ2v) is 6.99. The summed E-state index contributed by atoms with van der Waals surface area (Å²) >= 11 is 0. The van der Waals surface area contributed by atoms with Gasteiger partial charge in [-0.25, -0.2) is 9.97 Å². The molecule has 0 bridgehead atoms. The standard InChI is InChI=1S/C20H22N6/c1-2-8-14-13(7-1)21-19(22-14)25-17-11-5-6-12-18(17)26-20-23-15-9-3-4-10-16(15)24-20/h1-4,7-10,17-18H,5-6,11-12H2,(H2,21,22,25)(H2,23,24,26)/t17-,18-/m1/s1. The third-order valence-electron chi connectivity index (χ3n) is 5.19. The number of benzene rings is 2. The van der Waals surface area contributed by atoms with Crippen LogP contribution < -0.4 is 10.6 Å². The Kier molecular flexibility index (Phi) is 3.74. The Balaban J connectivity index is 1.36. The number of hydrogen-bond donors (Lipinski definition) is 4. The van der Waals surface area contributed by atoms with Crippen molar-refractivity contribution in [2.45, 2.75) is 37.8 Å². The van der Waals surface area contributed by atoms with Crippen molar-refractivity contribution < 1.29 is 0 Å². The van der Waals surface area contributed by atoms with Gasteiger partial charge < -0.3 is 20.6 Å². The van der Waals surface area contributed by atoms with E-state index < -0.39 is 0 Å². The van der Waals surface area contributed by atoms with Gasteiger partial charge >= 0.3 is 0 Å². The molecule has 4 N–H and O–H groups in total. The molecule has 5 rings (SSSR count). The monoisotopic (exact) mass is 346 g/mol. The third kappa shape index (κ3) is 2.87. The molecule has 4 aromatic rings. The van der Waals surface area contributed by atoms with E-state index in [4.69, 9.17) is 0 Å². The Labute approximate surface area is 151 Å². The van der Waals surface area contributed by atoms with Crippen molar-refractivity contribution in [3.8, 4) is 0 Å². The molecule has 1 fully saturated rings. The quantitative estimate of drug-likeness (QED) is 0.445. The van der Waals surface area contributed by atoms with Crippen molar-refractivity contribution in [1.29, 1.82) is 0 Å². The number of aromatic amines is 2. The number of para-hydroxylation sites is 4. The number of aromatic nitrogens is 4. The maximum absolute atomic E-state index is 4.67. The fraction of sp³-hybridized carbons (Fsp3) is 0.300. The molecule has 6 heteroatoms. The van der Waals surface area contributed by atoms with Crippen LogP contribution in [0.5, 0.6) is 0 Å². The normalized spacial score (nSPS) is 20.5. The van der Waals surface area contributed by atoms with Crippen molar-refractivity contribution in [3.63, 3.8) is 0 Å². The summed E-state index contributed by atoms with van der Waals surface area (Å²) in [4.78, 5) is 16.1. The first-order valence-electron chi connectivity index (χ1n) is 9.28. The Morgan fingerprint density at radius 2 is 1.15 bits per heavy atom. The smallest absolute Gasteiger partial charge is 0.201 e. The lowest BCUT2D eigenvalue weighted by atomic mass is 9.90. The Hall–Kier alpha value is -3.02. The molecule has 1 saturated carbocycles. The van der Waals surface area contributed by atoms with Crippen molar-refractivity contribution >= 4 is 34.0 Å². The van der Waals surface area contributed by atoms with Gasteiger partial charge in [0.15, 0.2) is 0 Å². The van der Waals surface area contributed by atoms with E-state index in [-0.39, 0.29) is 0 Å². The lowest BCUT2D eigenvalue weighted by molar-refractivity contribution is 0.421. The first kappa shape index (κ1) is 15.3. The first-order valence-corrected chi connectivity index (χ1v) is 9.28. The van der Waals surface area contributed by atoms with Gasteiger partial charge in [-0.1, -0.05) is 37.1 Å². The van der Waals surface area contributed by atoms with Gasteiger partial charge in [0.2, 0.25) is 11.9 Å². The molecule has 1 aliphatic carbocycles. The number of imidazole rings is 2. The summed E-state index contributed by atoms with van der Waals surface area (Å²) < 4.78 is 0.